The summed E-state index contributed by atoms with van der Waals surface area (Å²) in [6.07, 6.45) is 2.60. The molecule has 0 amide bonds. The second kappa shape index (κ2) is 3.06. The van der Waals surface area contributed by atoms with Gasteiger partial charge in [0, 0.05) is 13.5 Å². The van der Waals surface area contributed by atoms with E-state index in [1.165, 1.54) is 5.56 Å². The zero-order valence-electron chi connectivity index (χ0n) is 6.77. The maximum absolute atomic E-state index is 4.01. The Morgan fingerprint density at radius 2 is 2.50 bits per heavy atom. The molecule has 2 aromatic rings. The minimum Gasteiger partial charge on any atom is -0.320 e. The summed E-state index contributed by atoms with van der Waals surface area (Å²) in [5.74, 6) is 1.01. The zero-order valence-corrected chi connectivity index (χ0v) is 7.58. The number of aryl methyl sites for hydroxylation is 1. The average Bonchev–Trinajstić information content (AvgIpc) is 2.65. The molecular weight excluding hydrogens is 170 g/mol. The monoisotopic (exact) mass is 179 g/mol. The van der Waals surface area contributed by atoms with Crippen LogP contribution in [0.25, 0.3) is 0 Å². The van der Waals surface area contributed by atoms with E-state index < -0.39 is 0 Å². The van der Waals surface area contributed by atoms with Crippen LogP contribution in [0.3, 0.4) is 0 Å². The van der Waals surface area contributed by atoms with Gasteiger partial charge in [-0.05, 0) is 22.4 Å². The summed E-state index contributed by atoms with van der Waals surface area (Å²) in [4.78, 5) is 0. The van der Waals surface area contributed by atoms with Gasteiger partial charge in [-0.3, -0.25) is 0 Å². The lowest BCUT2D eigenvalue weighted by molar-refractivity contribution is 0.822. The molecule has 0 bridgehead atoms. The third-order valence-corrected chi connectivity index (χ3v) is 2.48. The van der Waals surface area contributed by atoms with Crippen LogP contribution in [-0.4, -0.2) is 14.8 Å². The molecule has 0 aliphatic heterocycles. The molecule has 0 spiro atoms. The van der Waals surface area contributed by atoms with Gasteiger partial charge in [0.25, 0.3) is 0 Å². The molecule has 2 heterocycles. The summed E-state index contributed by atoms with van der Waals surface area (Å²) in [6.45, 7) is 0. The number of hydrogen-bond donors (Lipinski definition) is 0. The molecule has 0 aliphatic carbocycles. The van der Waals surface area contributed by atoms with E-state index in [0.717, 1.165) is 12.2 Å². The Kier molecular flexibility index (Phi) is 1.91. The van der Waals surface area contributed by atoms with Gasteiger partial charge in [0.2, 0.25) is 0 Å². The standard InChI is InChI=1S/C8H9N3S/c1-11-6-9-10-8(11)4-7-2-3-12-5-7/h2-3,5-6H,4H2,1H3. The van der Waals surface area contributed by atoms with Crippen molar-refractivity contribution in [3.05, 3.63) is 34.5 Å². The molecule has 4 heteroatoms. The molecule has 0 radical (unpaired) electrons. The van der Waals surface area contributed by atoms with Gasteiger partial charge in [-0.2, -0.15) is 11.3 Å². The Hall–Kier alpha value is -1.16. The first-order valence-corrected chi connectivity index (χ1v) is 4.64. The van der Waals surface area contributed by atoms with Crippen LogP contribution >= 0.6 is 11.3 Å². The van der Waals surface area contributed by atoms with Crippen LogP contribution < -0.4 is 0 Å². The van der Waals surface area contributed by atoms with Crippen molar-refractivity contribution in [3.8, 4) is 0 Å². The Bertz CT molecular complexity index is 350. The minimum atomic E-state index is 0.875. The summed E-state index contributed by atoms with van der Waals surface area (Å²) >= 11 is 1.71. The van der Waals surface area contributed by atoms with E-state index in [9.17, 15) is 0 Å². The van der Waals surface area contributed by atoms with Crippen molar-refractivity contribution in [2.45, 2.75) is 6.42 Å². The molecule has 62 valence electrons. The second-order valence-electron chi connectivity index (χ2n) is 2.67. The van der Waals surface area contributed by atoms with Crippen LogP contribution in [0, 0.1) is 0 Å². The van der Waals surface area contributed by atoms with Crippen LogP contribution in [-0.2, 0) is 13.5 Å². The largest absolute Gasteiger partial charge is 0.320 e. The predicted octanol–water partition coefficient (Wildman–Crippen LogP) is 1.47. The van der Waals surface area contributed by atoms with Crippen LogP contribution in [0.2, 0.25) is 0 Å². The molecule has 3 nitrogen and oxygen atoms in total. The fourth-order valence-corrected chi connectivity index (χ4v) is 1.71. The van der Waals surface area contributed by atoms with Gasteiger partial charge in [-0.25, -0.2) is 0 Å². The van der Waals surface area contributed by atoms with Crippen LogP contribution in [0.1, 0.15) is 11.4 Å². The average molecular weight is 179 g/mol. The third kappa shape index (κ3) is 1.38. The van der Waals surface area contributed by atoms with Crippen LogP contribution in [0.4, 0.5) is 0 Å². The minimum absolute atomic E-state index is 0.875. The molecule has 2 aromatic heterocycles. The van der Waals surface area contributed by atoms with Gasteiger partial charge < -0.3 is 4.57 Å². The van der Waals surface area contributed by atoms with Crippen molar-refractivity contribution in [2.24, 2.45) is 7.05 Å². The highest BCUT2D eigenvalue weighted by Gasteiger charge is 2.01. The van der Waals surface area contributed by atoms with Crippen LogP contribution in [0.5, 0.6) is 0 Å². The number of thiophene rings is 1. The van der Waals surface area contributed by atoms with Crippen molar-refractivity contribution in [2.75, 3.05) is 0 Å². The van der Waals surface area contributed by atoms with Gasteiger partial charge in [0.15, 0.2) is 0 Å². The third-order valence-electron chi connectivity index (χ3n) is 1.75. The summed E-state index contributed by atoms with van der Waals surface area (Å²) in [7, 11) is 1.96. The number of hydrogen-bond acceptors (Lipinski definition) is 3. The predicted molar refractivity (Wildman–Crippen MR) is 48.1 cm³/mol. The highest BCUT2D eigenvalue weighted by Crippen LogP contribution is 2.09. The Balaban J connectivity index is 2.20. The normalized spacial score (nSPS) is 10.4. The van der Waals surface area contributed by atoms with Gasteiger partial charge in [-0.1, -0.05) is 0 Å². The molecule has 2 rings (SSSR count). The first kappa shape index (κ1) is 7.49. The molecule has 0 fully saturated rings. The van der Waals surface area contributed by atoms with E-state index in [1.807, 2.05) is 11.6 Å². The maximum Gasteiger partial charge on any atom is 0.136 e. The number of nitrogens with zero attached hydrogens (tertiary/aromatic N) is 3. The molecular formula is C8H9N3S. The van der Waals surface area contributed by atoms with Crippen molar-refractivity contribution < 1.29 is 0 Å². The molecule has 0 saturated carbocycles. The topological polar surface area (TPSA) is 30.7 Å². The first-order chi connectivity index (χ1) is 5.86. The van der Waals surface area contributed by atoms with E-state index in [4.69, 9.17) is 0 Å². The highest BCUT2D eigenvalue weighted by atomic mass is 32.1. The van der Waals surface area contributed by atoms with Crippen molar-refractivity contribution >= 4 is 11.3 Å². The smallest absolute Gasteiger partial charge is 0.136 e. The van der Waals surface area contributed by atoms with E-state index in [0.29, 0.717) is 0 Å². The van der Waals surface area contributed by atoms with E-state index in [-0.39, 0.29) is 0 Å². The Morgan fingerprint density at radius 1 is 1.58 bits per heavy atom. The first-order valence-electron chi connectivity index (χ1n) is 3.70. The summed E-state index contributed by atoms with van der Waals surface area (Å²) in [6, 6.07) is 2.11. The number of aromatic nitrogens is 3. The zero-order chi connectivity index (χ0) is 8.39. The van der Waals surface area contributed by atoms with E-state index >= 15 is 0 Å². The Labute approximate surface area is 74.7 Å². The molecule has 0 unspecified atom stereocenters. The second-order valence-corrected chi connectivity index (χ2v) is 3.45. The summed E-state index contributed by atoms with van der Waals surface area (Å²) in [5.41, 5.74) is 1.30. The lowest BCUT2D eigenvalue weighted by Gasteiger charge is -1.96. The molecule has 0 aromatic carbocycles. The van der Waals surface area contributed by atoms with Gasteiger partial charge >= 0.3 is 0 Å². The summed E-state index contributed by atoms with van der Waals surface area (Å²) in [5, 5.41) is 12.0. The van der Waals surface area contributed by atoms with Crippen LogP contribution in [0.15, 0.2) is 23.2 Å². The van der Waals surface area contributed by atoms with Crippen molar-refractivity contribution in [1.82, 2.24) is 14.8 Å². The fraction of sp³-hybridized carbons (Fsp3) is 0.250. The molecule has 0 aliphatic rings. The van der Waals surface area contributed by atoms with E-state index in [1.54, 1.807) is 17.7 Å². The molecule has 12 heavy (non-hydrogen) atoms. The van der Waals surface area contributed by atoms with Crippen molar-refractivity contribution in [3.63, 3.8) is 0 Å². The quantitative estimate of drug-likeness (QED) is 0.699. The van der Waals surface area contributed by atoms with Gasteiger partial charge in [-0.15, -0.1) is 10.2 Å². The molecule has 0 saturated heterocycles. The maximum atomic E-state index is 4.01. The summed E-state index contributed by atoms with van der Waals surface area (Å²) < 4.78 is 1.94. The van der Waals surface area contributed by atoms with E-state index in [2.05, 4.69) is 27.0 Å². The van der Waals surface area contributed by atoms with Gasteiger partial charge in [0.05, 0.1) is 0 Å². The lowest BCUT2D eigenvalue weighted by Crippen LogP contribution is -1.96. The fourth-order valence-electron chi connectivity index (χ4n) is 1.04. The molecule has 0 N–H and O–H groups in total. The SMILES string of the molecule is Cn1cnnc1Cc1ccsc1. The molecule has 0 atom stereocenters. The Morgan fingerprint density at radius 3 is 3.08 bits per heavy atom. The number of rotatable bonds is 2. The van der Waals surface area contributed by atoms with Crippen molar-refractivity contribution in [1.29, 1.82) is 0 Å². The van der Waals surface area contributed by atoms with Gasteiger partial charge in [0.1, 0.15) is 12.2 Å². The lowest BCUT2D eigenvalue weighted by atomic mass is 10.2. The highest BCUT2D eigenvalue weighted by molar-refractivity contribution is 7.07.